The maximum absolute atomic E-state index is 11.7. The second-order valence-corrected chi connectivity index (χ2v) is 5.34. The van der Waals surface area contributed by atoms with Crippen molar-refractivity contribution in [3.8, 4) is 0 Å². The minimum Gasteiger partial charge on any atom is -0.340 e. The zero-order chi connectivity index (χ0) is 11.8. The third-order valence-corrected chi connectivity index (χ3v) is 4.30. The van der Waals surface area contributed by atoms with Gasteiger partial charge in [0.2, 0.25) is 5.91 Å². The minimum absolute atomic E-state index is 0.245. The fourth-order valence-electron chi connectivity index (χ4n) is 3.53. The van der Waals surface area contributed by atoms with Crippen molar-refractivity contribution < 1.29 is 4.79 Å². The summed E-state index contributed by atoms with van der Waals surface area (Å²) >= 11 is 0. The van der Waals surface area contributed by atoms with Gasteiger partial charge in [-0.05, 0) is 42.7 Å². The molecular formula is C15H19NO. The molecule has 0 saturated carbocycles. The van der Waals surface area contributed by atoms with Crippen LogP contribution in [0.3, 0.4) is 0 Å². The van der Waals surface area contributed by atoms with Crippen molar-refractivity contribution >= 4 is 5.91 Å². The molecule has 2 nitrogen and oxygen atoms in total. The normalized spacial score (nSPS) is 27.2. The van der Waals surface area contributed by atoms with E-state index < -0.39 is 0 Å². The maximum atomic E-state index is 11.7. The van der Waals surface area contributed by atoms with E-state index in [9.17, 15) is 4.79 Å². The Morgan fingerprint density at radius 2 is 2.18 bits per heavy atom. The number of amides is 1. The third kappa shape index (κ3) is 1.86. The first-order chi connectivity index (χ1) is 8.25. The molecule has 90 valence electrons. The van der Waals surface area contributed by atoms with Crippen molar-refractivity contribution in [2.45, 2.75) is 44.6 Å². The molecule has 1 fully saturated rings. The lowest BCUT2D eigenvalue weighted by atomic mass is 9.79. The molecule has 2 atom stereocenters. The number of carbonyl (C=O) groups excluding carboxylic acids is 1. The zero-order valence-corrected chi connectivity index (χ0v) is 10.4. The van der Waals surface area contributed by atoms with E-state index in [-0.39, 0.29) is 5.91 Å². The molecule has 1 aromatic carbocycles. The van der Waals surface area contributed by atoms with Crippen LogP contribution in [0.5, 0.6) is 0 Å². The van der Waals surface area contributed by atoms with E-state index in [2.05, 4.69) is 29.2 Å². The first-order valence-electron chi connectivity index (χ1n) is 6.60. The summed E-state index contributed by atoms with van der Waals surface area (Å²) in [5.74, 6) is 0.921. The van der Waals surface area contributed by atoms with Gasteiger partial charge in [0.25, 0.3) is 0 Å². The maximum Gasteiger partial charge on any atom is 0.219 e. The molecule has 0 aromatic heterocycles. The first kappa shape index (κ1) is 10.8. The Morgan fingerprint density at radius 3 is 3.00 bits per heavy atom. The first-order valence-corrected chi connectivity index (χ1v) is 6.60. The van der Waals surface area contributed by atoms with E-state index in [1.807, 2.05) is 0 Å². The summed E-state index contributed by atoms with van der Waals surface area (Å²) in [5.41, 5.74) is 3.00. The van der Waals surface area contributed by atoms with Gasteiger partial charge in [0, 0.05) is 19.5 Å². The second-order valence-electron chi connectivity index (χ2n) is 5.34. The number of rotatable bonds is 0. The summed E-state index contributed by atoms with van der Waals surface area (Å²) < 4.78 is 0. The average Bonchev–Trinajstić information content (AvgIpc) is 2.49. The van der Waals surface area contributed by atoms with Gasteiger partial charge in [0.1, 0.15) is 0 Å². The van der Waals surface area contributed by atoms with E-state index in [1.54, 1.807) is 6.92 Å². The van der Waals surface area contributed by atoms with Gasteiger partial charge in [0.05, 0.1) is 0 Å². The number of hydrogen-bond acceptors (Lipinski definition) is 1. The van der Waals surface area contributed by atoms with Crippen LogP contribution in [0.1, 0.15) is 43.2 Å². The quantitative estimate of drug-likeness (QED) is 0.670. The summed E-state index contributed by atoms with van der Waals surface area (Å²) in [6.07, 6.45) is 4.59. The van der Waals surface area contributed by atoms with Crippen LogP contribution >= 0.6 is 0 Å². The highest BCUT2D eigenvalue weighted by Gasteiger charge is 2.33. The topological polar surface area (TPSA) is 20.3 Å². The van der Waals surface area contributed by atoms with Gasteiger partial charge in [0.15, 0.2) is 0 Å². The Labute approximate surface area is 103 Å². The fourth-order valence-corrected chi connectivity index (χ4v) is 3.53. The van der Waals surface area contributed by atoms with E-state index in [0.717, 1.165) is 25.8 Å². The lowest BCUT2D eigenvalue weighted by Gasteiger charge is -2.35. The number of hydrogen-bond donors (Lipinski definition) is 0. The van der Waals surface area contributed by atoms with Crippen molar-refractivity contribution in [1.29, 1.82) is 0 Å². The predicted molar refractivity (Wildman–Crippen MR) is 67.9 cm³/mol. The Morgan fingerprint density at radius 1 is 1.35 bits per heavy atom. The van der Waals surface area contributed by atoms with Gasteiger partial charge in [-0.1, -0.05) is 24.3 Å². The lowest BCUT2D eigenvalue weighted by molar-refractivity contribution is -0.131. The van der Waals surface area contributed by atoms with Crippen molar-refractivity contribution in [2.75, 3.05) is 6.54 Å². The molecule has 2 bridgehead atoms. The highest BCUT2D eigenvalue weighted by atomic mass is 16.2. The Bertz CT molecular complexity index is 440. The third-order valence-electron chi connectivity index (χ3n) is 4.30. The van der Waals surface area contributed by atoms with E-state index in [4.69, 9.17) is 0 Å². The molecule has 0 spiro atoms. The largest absolute Gasteiger partial charge is 0.340 e. The molecule has 3 rings (SSSR count). The highest BCUT2D eigenvalue weighted by Crippen LogP contribution is 2.38. The molecule has 1 saturated heterocycles. The lowest BCUT2D eigenvalue weighted by Crippen LogP contribution is -2.41. The Kier molecular flexibility index (Phi) is 2.65. The fraction of sp³-hybridized carbons (Fsp3) is 0.533. The smallest absolute Gasteiger partial charge is 0.219 e. The van der Waals surface area contributed by atoms with Gasteiger partial charge < -0.3 is 4.90 Å². The summed E-state index contributed by atoms with van der Waals surface area (Å²) in [6.45, 7) is 2.66. The van der Waals surface area contributed by atoms with Crippen molar-refractivity contribution in [3.05, 3.63) is 35.4 Å². The van der Waals surface area contributed by atoms with E-state index >= 15 is 0 Å². The number of carbonyl (C=O) groups is 1. The number of benzene rings is 1. The van der Waals surface area contributed by atoms with Gasteiger partial charge in [-0.2, -0.15) is 0 Å². The van der Waals surface area contributed by atoms with Gasteiger partial charge in [-0.25, -0.2) is 0 Å². The molecule has 1 aliphatic heterocycles. The molecule has 17 heavy (non-hydrogen) atoms. The van der Waals surface area contributed by atoms with E-state index in [1.165, 1.54) is 17.5 Å². The number of likely N-dealkylation sites (tertiary alicyclic amines) is 1. The molecular weight excluding hydrogens is 210 g/mol. The second kappa shape index (κ2) is 4.17. The van der Waals surface area contributed by atoms with Crippen LogP contribution < -0.4 is 0 Å². The molecule has 2 unspecified atom stereocenters. The Hall–Kier alpha value is -1.31. The zero-order valence-electron chi connectivity index (χ0n) is 10.4. The average molecular weight is 229 g/mol. The molecule has 2 heteroatoms. The monoisotopic (exact) mass is 229 g/mol. The molecule has 2 aliphatic rings. The molecule has 1 heterocycles. The van der Waals surface area contributed by atoms with Gasteiger partial charge in [-0.15, -0.1) is 0 Å². The standard InChI is InChI=1S/C15H19NO/c1-11(17)16-8-4-6-13-10-14(16)9-12-5-2-3-7-15(12)13/h2-3,5,7,13-14H,4,6,8-10H2,1H3. The molecule has 1 aromatic rings. The molecule has 0 radical (unpaired) electrons. The van der Waals surface area contributed by atoms with Crippen LogP contribution in [0.4, 0.5) is 0 Å². The van der Waals surface area contributed by atoms with Gasteiger partial charge >= 0.3 is 0 Å². The molecule has 1 amide bonds. The summed E-state index contributed by atoms with van der Waals surface area (Å²) in [7, 11) is 0. The SMILES string of the molecule is CC(=O)N1CCCC2CC1Cc1ccccc12. The number of nitrogens with zero attached hydrogens (tertiary/aromatic N) is 1. The molecule has 0 N–H and O–H groups in total. The summed E-state index contributed by atoms with van der Waals surface area (Å²) in [4.78, 5) is 13.8. The number of fused-ring (bicyclic) bond motifs is 4. The highest BCUT2D eigenvalue weighted by molar-refractivity contribution is 5.73. The summed E-state index contributed by atoms with van der Waals surface area (Å²) in [6, 6.07) is 9.22. The van der Waals surface area contributed by atoms with Crippen molar-refractivity contribution in [3.63, 3.8) is 0 Å². The molecule has 1 aliphatic carbocycles. The van der Waals surface area contributed by atoms with Crippen LogP contribution in [0.2, 0.25) is 0 Å². The van der Waals surface area contributed by atoms with Crippen LogP contribution in [0.25, 0.3) is 0 Å². The van der Waals surface area contributed by atoms with Crippen molar-refractivity contribution in [1.82, 2.24) is 4.90 Å². The van der Waals surface area contributed by atoms with E-state index in [0.29, 0.717) is 12.0 Å². The van der Waals surface area contributed by atoms with Crippen LogP contribution in [0.15, 0.2) is 24.3 Å². The van der Waals surface area contributed by atoms with Crippen molar-refractivity contribution in [2.24, 2.45) is 0 Å². The van der Waals surface area contributed by atoms with Crippen LogP contribution in [-0.4, -0.2) is 23.4 Å². The Balaban J connectivity index is 1.97. The minimum atomic E-state index is 0.245. The predicted octanol–water partition coefficient (Wildman–Crippen LogP) is 2.73. The summed E-state index contributed by atoms with van der Waals surface area (Å²) in [5, 5.41) is 0. The van der Waals surface area contributed by atoms with Crippen LogP contribution in [0, 0.1) is 0 Å². The van der Waals surface area contributed by atoms with Crippen LogP contribution in [-0.2, 0) is 11.2 Å². The van der Waals surface area contributed by atoms with Gasteiger partial charge in [-0.3, -0.25) is 4.79 Å².